The number of carbonyl (C=O) groups is 1. The Morgan fingerprint density at radius 3 is 2.38 bits per heavy atom. The molecule has 0 bridgehead atoms. The monoisotopic (exact) mass is 302 g/mol. The van der Waals surface area contributed by atoms with E-state index in [1.165, 1.54) is 24.0 Å². The predicted octanol–water partition coefficient (Wildman–Crippen LogP) is 5.08. The lowest BCUT2D eigenvalue weighted by atomic mass is 9.99. The van der Waals surface area contributed by atoms with Crippen molar-refractivity contribution in [2.75, 3.05) is 0 Å². The normalized spacial score (nSPS) is 18.8. The van der Waals surface area contributed by atoms with Gasteiger partial charge in [0, 0.05) is 12.0 Å². The third kappa shape index (κ3) is 2.68. The summed E-state index contributed by atoms with van der Waals surface area (Å²) in [6.07, 6.45) is 4.02. The minimum absolute atomic E-state index is 0.196. The molecule has 2 nitrogen and oxygen atoms in total. The number of carbonyl (C=O) groups excluding carboxylic acids is 1. The van der Waals surface area contributed by atoms with Crippen LogP contribution in [0.4, 0.5) is 0 Å². The van der Waals surface area contributed by atoms with Crippen LogP contribution in [0.3, 0.4) is 0 Å². The molecular formula is C18H26O2Si. The van der Waals surface area contributed by atoms with Crippen molar-refractivity contribution in [3.63, 3.8) is 0 Å². The summed E-state index contributed by atoms with van der Waals surface area (Å²) in [5.41, 5.74) is 3.52. The quantitative estimate of drug-likeness (QED) is 0.728. The summed E-state index contributed by atoms with van der Waals surface area (Å²) in [4.78, 5) is 12.1. The predicted molar refractivity (Wildman–Crippen MR) is 88.9 cm³/mol. The van der Waals surface area contributed by atoms with E-state index in [0.29, 0.717) is 18.1 Å². The van der Waals surface area contributed by atoms with Crippen LogP contribution in [0.1, 0.15) is 67.4 Å². The Bertz CT molecular complexity index is 592. The Morgan fingerprint density at radius 1 is 1.14 bits per heavy atom. The molecule has 21 heavy (non-hydrogen) atoms. The number of ketones is 1. The molecule has 0 atom stereocenters. The first-order valence-electron chi connectivity index (χ1n) is 8.08. The maximum Gasteiger partial charge on any atom is 0.250 e. The molecule has 0 saturated heterocycles. The second-order valence-electron chi connectivity index (χ2n) is 8.11. The lowest BCUT2D eigenvalue weighted by molar-refractivity contribution is 0.0994. The number of benzene rings is 1. The van der Waals surface area contributed by atoms with Gasteiger partial charge in [-0.2, -0.15) is 0 Å². The summed E-state index contributed by atoms with van der Waals surface area (Å²) in [5, 5.41) is 0.196. The number of hydrogen-bond acceptors (Lipinski definition) is 2. The van der Waals surface area contributed by atoms with E-state index in [9.17, 15) is 4.79 Å². The van der Waals surface area contributed by atoms with Crippen LogP contribution < -0.4 is 4.43 Å². The average Bonchev–Trinajstić information content (AvgIpc) is 3.12. The van der Waals surface area contributed by atoms with Crippen molar-refractivity contribution in [3.05, 3.63) is 28.8 Å². The fourth-order valence-electron chi connectivity index (χ4n) is 2.83. The Kier molecular flexibility index (Phi) is 3.32. The van der Waals surface area contributed by atoms with E-state index in [2.05, 4.69) is 46.0 Å². The van der Waals surface area contributed by atoms with Gasteiger partial charge in [-0.15, -0.1) is 0 Å². The summed E-state index contributed by atoms with van der Waals surface area (Å²) in [6, 6.07) is 4.30. The fourth-order valence-corrected chi connectivity index (χ4v) is 3.84. The minimum Gasteiger partial charge on any atom is -0.543 e. The topological polar surface area (TPSA) is 26.3 Å². The highest BCUT2D eigenvalue weighted by atomic mass is 28.4. The molecule has 1 aromatic carbocycles. The first-order chi connectivity index (χ1) is 9.69. The van der Waals surface area contributed by atoms with Gasteiger partial charge < -0.3 is 4.43 Å². The van der Waals surface area contributed by atoms with Gasteiger partial charge in [0.25, 0.3) is 0 Å². The zero-order valence-electron chi connectivity index (χ0n) is 13.9. The summed E-state index contributed by atoms with van der Waals surface area (Å²) in [5.74, 6) is 1.94. The highest BCUT2D eigenvalue weighted by Gasteiger charge is 2.40. The van der Waals surface area contributed by atoms with E-state index in [1.54, 1.807) is 0 Å². The summed E-state index contributed by atoms with van der Waals surface area (Å²) in [6.45, 7) is 11.3. The second kappa shape index (κ2) is 4.70. The van der Waals surface area contributed by atoms with E-state index >= 15 is 0 Å². The third-order valence-corrected chi connectivity index (χ3v) is 9.68. The Hall–Kier alpha value is -1.09. The van der Waals surface area contributed by atoms with Crippen molar-refractivity contribution in [3.8, 4) is 5.75 Å². The van der Waals surface area contributed by atoms with Crippen LogP contribution in [0.5, 0.6) is 5.75 Å². The largest absolute Gasteiger partial charge is 0.543 e. The molecule has 0 aromatic heterocycles. The van der Waals surface area contributed by atoms with Gasteiger partial charge in [-0.3, -0.25) is 4.79 Å². The average molecular weight is 302 g/mol. The van der Waals surface area contributed by atoms with E-state index in [0.717, 1.165) is 17.7 Å². The van der Waals surface area contributed by atoms with Gasteiger partial charge in [-0.25, -0.2) is 0 Å². The van der Waals surface area contributed by atoms with Crippen LogP contribution in [0.2, 0.25) is 18.1 Å². The van der Waals surface area contributed by atoms with E-state index in [4.69, 9.17) is 4.43 Å². The first kappa shape index (κ1) is 14.8. The van der Waals surface area contributed by atoms with Gasteiger partial charge in [-0.1, -0.05) is 20.8 Å². The number of Topliss-reactive ketones (excluding diaryl/α,β-unsaturated/α-hetero) is 1. The van der Waals surface area contributed by atoms with E-state index in [1.807, 2.05) is 0 Å². The summed E-state index contributed by atoms with van der Waals surface area (Å²) in [7, 11) is -1.82. The summed E-state index contributed by atoms with van der Waals surface area (Å²) < 4.78 is 6.47. The van der Waals surface area contributed by atoms with Gasteiger partial charge in [0.1, 0.15) is 5.75 Å². The smallest absolute Gasteiger partial charge is 0.250 e. The molecule has 0 radical (unpaired) electrons. The fraction of sp³-hybridized carbons (Fsp3) is 0.611. The highest BCUT2D eigenvalue weighted by Crippen LogP contribution is 2.46. The molecule has 2 aliphatic carbocycles. The number of hydrogen-bond donors (Lipinski definition) is 0. The maximum atomic E-state index is 12.1. The van der Waals surface area contributed by atoms with E-state index in [-0.39, 0.29) is 5.04 Å². The molecule has 3 rings (SSSR count). The molecule has 0 heterocycles. The van der Waals surface area contributed by atoms with Gasteiger partial charge >= 0.3 is 0 Å². The van der Waals surface area contributed by atoms with Crippen molar-refractivity contribution in [2.24, 2.45) is 0 Å². The molecule has 114 valence electrons. The second-order valence-corrected chi connectivity index (χ2v) is 12.8. The molecule has 2 aliphatic rings. The molecule has 1 fully saturated rings. The Morgan fingerprint density at radius 2 is 1.81 bits per heavy atom. The number of aryl methyl sites for hydroxylation is 1. The molecule has 0 N–H and O–H groups in total. The number of rotatable bonds is 3. The molecule has 0 unspecified atom stereocenters. The van der Waals surface area contributed by atoms with Gasteiger partial charge in [0.15, 0.2) is 5.78 Å². The molecule has 3 heteroatoms. The zero-order valence-corrected chi connectivity index (χ0v) is 14.9. The van der Waals surface area contributed by atoms with Crippen molar-refractivity contribution < 1.29 is 9.22 Å². The molecule has 0 spiro atoms. The SMILES string of the molecule is CC(C)(C)[Si](C)(C)Oc1cc2c(c(C3CC3)c1)C(=O)CC2. The van der Waals surface area contributed by atoms with Crippen LogP contribution >= 0.6 is 0 Å². The lowest BCUT2D eigenvalue weighted by Gasteiger charge is -2.36. The van der Waals surface area contributed by atoms with Crippen LogP contribution in [-0.2, 0) is 6.42 Å². The maximum absolute atomic E-state index is 12.1. The zero-order chi connectivity index (χ0) is 15.4. The van der Waals surface area contributed by atoms with Crippen LogP contribution in [-0.4, -0.2) is 14.1 Å². The van der Waals surface area contributed by atoms with Crippen LogP contribution in [0, 0.1) is 0 Å². The molecule has 1 saturated carbocycles. The highest BCUT2D eigenvalue weighted by molar-refractivity contribution is 6.74. The Labute approximate surface area is 129 Å². The van der Waals surface area contributed by atoms with Crippen LogP contribution in [0.25, 0.3) is 0 Å². The third-order valence-electron chi connectivity index (χ3n) is 5.32. The van der Waals surface area contributed by atoms with Crippen molar-refractivity contribution in [2.45, 2.75) is 70.5 Å². The van der Waals surface area contributed by atoms with Gasteiger partial charge in [0.05, 0.1) is 0 Å². The van der Waals surface area contributed by atoms with Gasteiger partial charge in [-0.05, 0) is 66.6 Å². The van der Waals surface area contributed by atoms with Gasteiger partial charge in [0.2, 0.25) is 8.32 Å². The molecule has 1 aromatic rings. The summed E-state index contributed by atoms with van der Waals surface area (Å²) >= 11 is 0. The van der Waals surface area contributed by atoms with Crippen molar-refractivity contribution in [1.82, 2.24) is 0 Å². The van der Waals surface area contributed by atoms with Crippen molar-refractivity contribution in [1.29, 1.82) is 0 Å². The van der Waals surface area contributed by atoms with E-state index < -0.39 is 8.32 Å². The first-order valence-corrected chi connectivity index (χ1v) is 11.0. The molecular weight excluding hydrogens is 276 g/mol. The number of fused-ring (bicyclic) bond motifs is 1. The van der Waals surface area contributed by atoms with Crippen molar-refractivity contribution >= 4 is 14.1 Å². The lowest BCUT2D eigenvalue weighted by Crippen LogP contribution is -2.43. The standard InChI is InChI=1S/C18H26O2Si/c1-18(2,3)21(4,5)20-14-10-13-8-9-16(19)17(13)15(11-14)12-6-7-12/h10-12H,6-9H2,1-5H3. The van der Waals surface area contributed by atoms with Crippen LogP contribution in [0.15, 0.2) is 12.1 Å². The Balaban J connectivity index is 1.98. The molecule has 0 amide bonds. The molecule has 0 aliphatic heterocycles. The minimum atomic E-state index is -1.82.